The summed E-state index contributed by atoms with van der Waals surface area (Å²) in [7, 11) is 3.84. The van der Waals surface area contributed by atoms with Gasteiger partial charge in [0.2, 0.25) is 0 Å². The van der Waals surface area contributed by atoms with Gasteiger partial charge >= 0.3 is 5.69 Å². The largest absolute Gasteiger partial charge is 0.489 e. The Morgan fingerprint density at radius 1 is 1.23 bits per heavy atom. The first-order valence-electron chi connectivity index (χ1n) is 12.6. The highest BCUT2D eigenvalue weighted by molar-refractivity contribution is 6.00. The topological polar surface area (TPSA) is 137 Å². The van der Waals surface area contributed by atoms with Gasteiger partial charge in [0.15, 0.2) is 17.4 Å². The van der Waals surface area contributed by atoms with E-state index in [0.717, 1.165) is 21.4 Å². The molecule has 0 radical (unpaired) electrons. The molecule has 2 aromatic carbocycles. The number of amidine groups is 1. The van der Waals surface area contributed by atoms with Crippen molar-refractivity contribution in [2.45, 2.75) is 25.9 Å². The summed E-state index contributed by atoms with van der Waals surface area (Å²) in [5.41, 5.74) is 3.03. The van der Waals surface area contributed by atoms with E-state index in [2.05, 4.69) is 30.7 Å². The van der Waals surface area contributed by atoms with Crippen molar-refractivity contribution in [1.82, 2.24) is 34.9 Å². The first kappa shape index (κ1) is 26.0. The summed E-state index contributed by atoms with van der Waals surface area (Å²) in [5, 5.41) is 18.9. The van der Waals surface area contributed by atoms with Crippen molar-refractivity contribution in [3.8, 4) is 11.7 Å². The number of aromatic amines is 1. The van der Waals surface area contributed by atoms with Gasteiger partial charge in [0.25, 0.3) is 5.95 Å². The average Bonchev–Trinajstić information content (AvgIpc) is 3.50. The van der Waals surface area contributed by atoms with Gasteiger partial charge in [-0.25, -0.2) is 19.2 Å². The van der Waals surface area contributed by atoms with Crippen LogP contribution in [0.3, 0.4) is 0 Å². The third-order valence-electron chi connectivity index (χ3n) is 6.43. The van der Waals surface area contributed by atoms with Gasteiger partial charge in [-0.05, 0) is 62.0 Å². The van der Waals surface area contributed by atoms with E-state index in [0.29, 0.717) is 37.6 Å². The molecule has 0 fully saturated rings. The van der Waals surface area contributed by atoms with Crippen LogP contribution < -0.4 is 21.1 Å². The van der Waals surface area contributed by atoms with Crippen molar-refractivity contribution in [1.29, 1.82) is 5.41 Å². The summed E-state index contributed by atoms with van der Waals surface area (Å²) in [6, 6.07) is 9.78. The maximum Gasteiger partial charge on any atom is 0.350 e. The van der Waals surface area contributed by atoms with Gasteiger partial charge in [-0.1, -0.05) is 13.0 Å². The number of fused-ring (bicyclic) bond motifs is 1. The number of benzene rings is 2. The molecule has 0 bridgehead atoms. The van der Waals surface area contributed by atoms with E-state index in [4.69, 9.17) is 10.1 Å². The molecule has 11 nitrogen and oxygen atoms in total. The van der Waals surface area contributed by atoms with Crippen LogP contribution in [0.2, 0.25) is 0 Å². The van der Waals surface area contributed by atoms with E-state index >= 15 is 4.39 Å². The highest BCUT2D eigenvalue weighted by Crippen LogP contribution is 2.33. The minimum Gasteiger partial charge on any atom is -0.489 e. The molecule has 12 heteroatoms. The van der Waals surface area contributed by atoms with Gasteiger partial charge in [0.1, 0.15) is 18.5 Å². The molecule has 0 amide bonds. The summed E-state index contributed by atoms with van der Waals surface area (Å²) in [6.45, 7) is 3.44. The maximum absolute atomic E-state index is 16.1. The number of aromatic nitrogens is 5. The molecule has 5 rings (SSSR count). The van der Waals surface area contributed by atoms with Crippen molar-refractivity contribution < 1.29 is 9.13 Å². The molecule has 39 heavy (non-hydrogen) atoms. The summed E-state index contributed by atoms with van der Waals surface area (Å²) in [4.78, 5) is 25.8. The fraction of sp³-hybridized carbons (Fsp3) is 0.296. The molecule has 1 aliphatic rings. The smallest absolute Gasteiger partial charge is 0.350 e. The second-order valence-electron chi connectivity index (χ2n) is 9.46. The monoisotopic (exact) mass is 531 g/mol. The van der Waals surface area contributed by atoms with Crippen molar-refractivity contribution in [3.63, 3.8) is 0 Å². The number of ether oxygens (including phenoxy) is 1. The number of H-pyrrole nitrogens is 1. The lowest BCUT2D eigenvalue weighted by molar-refractivity contribution is 0.251. The molecule has 0 saturated carbocycles. The zero-order valence-corrected chi connectivity index (χ0v) is 22.0. The number of aryl methyl sites for hydroxylation is 1. The van der Waals surface area contributed by atoms with Crippen LogP contribution in [0.25, 0.3) is 5.95 Å². The number of rotatable bonds is 10. The Balaban J connectivity index is 1.60. The number of nitrogens with one attached hydrogen (secondary N) is 4. The van der Waals surface area contributed by atoms with E-state index < -0.39 is 17.5 Å². The lowest BCUT2D eigenvalue weighted by Gasteiger charge is -2.22. The zero-order valence-electron chi connectivity index (χ0n) is 22.0. The zero-order chi connectivity index (χ0) is 27.5. The maximum atomic E-state index is 16.1. The first-order valence-corrected chi connectivity index (χ1v) is 12.6. The predicted octanol–water partition coefficient (Wildman–Crippen LogP) is 2.62. The van der Waals surface area contributed by atoms with Gasteiger partial charge in [-0.3, -0.25) is 10.4 Å². The number of anilines is 1. The average molecular weight is 532 g/mol. The highest BCUT2D eigenvalue weighted by Gasteiger charge is 2.27. The van der Waals surface area contributed by atoms with Crippen LogP contribution in [-0.2, 0) is 13.0 Å². The Bertz CT molecular complexity index is 1550. The SMILES string of the molecule is CCc1cc(OCCN(C)C)c(F)c(C(Nc2ccc3c(c2)CNC3=N)c2nn(-c3ncccn3)c(=O)[nH]2)c1. The molecule has 1 unspecified atom stereocenters. The fourth-order valence-corrected chi connectivity index (χ4v) is 4.36. The molecule has 3 heterocycles. The Morgan fingerprint density at radius 2 is 2.03 bits per heavy atom. The Kier molecular flexibility index (Phi) is 7.37. The molecule has 0 aliphatic carbocycles. The van der Waals surface area contributed by atoms with Gasteiger partial charge in [0.05, 0.1) is 0 Å². The van der Waals surface area contributed by atoms with Crippen LogP contribution in [0.5, 0.6) is 5.75 Å². The van der Waals surface area contributed by atoms with E-state index in [1.807, 2.05) is 44.1 Å². The van der Waals surface area contributed by atoms with Crippen LogP contribution in [0.4, 0.5) is 10.1 Å². The van der Waals surface area contributed by atoms with Gasteiger partial charge in [-0.15, -0.1) is 9.78 Å². The lowest BCUT2D eigenvalue weighted by atomic mass is 9.99. The number of hydrogen-bond acceptors (Lipinski definition) is 8. The standard InChI is InChI=1S/C27H30FN9O2/c1-4-16-12-20(22(28)21(13-16)39-11-10-36(2)3)23(33-18-6-7-19-17(14-18)15-32-24(19)29)25-34-27(38)37(35-25)26-30-8-5-9-31-26/h5-9,12-14,23,33H,4,10-11,15H2,1-3H3,(H2,29,32)(H,34,35,38). The van der Waals surface area contributed by atoms with Crippen molar-refractivity contribution >= 4 is 11.5 Å². The molecule has 1 aliphatic heterocycles. The summed E-state index contributed by atoms with van der Waals surface area (Å²) in [6.07, 6.45) is 3.67. The second-order valence-corrected chi connectivity index (χ2v) is 9.46. The van der Waals surface area contributed by atoms with E-state index in [1.165, 1.54) is 12.4 Å². The second kappa shape index (κ2) is 11.0. The first-order chi connectivity index (χ1) is 18.8. The number of halogens is 1. The number of likely N-dealkylation sites (N-methyl/N-ethyl adjacent to an activating group) is 1. The molecule has 2 aromatic heterocycles. The number of nitrogens with zero attached hydrogens (tertiary/aromatic N) is 5. The summed E-state index contributed by atoms with van der Waals surface area (Å²) >= 11 is 0. The normalized spacial score (nSPS) is 13.3. The molecular formula is C27H30FN9O2. The van der Waals surface area contributed by atoms with Crippen molar-refractivity contribution in [2.75, 3.05) is 32.6 Å². The van der Waals surface area contributed by atoms with E-state index in [9.17, 15) is 4.79 Å². The van der Waals surface area contributed by atoms with Gasteiger partial charge < -0.3 is 20.3 Å². The minimum atomic E-state index is -0.878. The van der Waals surface area contributed by atoms with Crippen molar-refractivity contribution in [2.24, 2.45) is 0 Å². The molecule has 4 aromatic rings. The van der Waals surface area contributed by atoms with Crippen LogP contribution in [0.1, 0.15) is 41.0 Å². The Morgan fingerprint density at radius 3 is 2.77 bits per heavy atom. The predicted molar refractivity (Wildman–Crippen MR) is 145 cm³/mol. The summed E-state index contributed by atoms with van der Waals surface area (Å²) < 4.78 is 23.0. The minimum absolute atomic E-state index is 0.0985. The van der Waals surface area contributed by atoms with E-state index in [1.54, 1.807) is 18.2 Å². The Labute approximate surface area is 224 Å². The van der Waals surface area contributed by atoms with Crippen LogP contribution >= 0.6 is 0 Å². The van der Waals surface area contributed by atoms with Crippen molar-refractivity contribution in [3.05, 3.63) is 93.2 Å². The third-order valence-corrected chi connectivity index (χ3v) is 6.43. The van der Waals surface area contributed by atoms with Crippen LogP contribution in [-0.4, -0.2) is 62.7 Å². The molecule has 1 atom stereocenters. The van der Waals surface area contributed by atoms with Gasteiger partial charge in [0, 0.05) is 42.3 Å². The van der Waals surface area contributed by atoms with Crippen LogP contribution in [0, 0.1) is 11.2 Å². The molecule has 0 saturated heterocycles. The molecule has 202 valence electrons. The number of hydrogen-bond donors (Lipinski definition) is 4. The molecular weight excluding hydrogens is 501 g/mol. The third kappa shape index (κ3) is 5.50. The van der Waals surface area contributed by atoms with Crippen LogP contribution in [0.15, 0.2) is 53.6 Å². The lowest BCUT2D eigenvalue weighted by Crippen LogP contribution is -2.21. The highest BCUT2D eigenvalue weighted by atomic mass is 19.1. The van der Waals surface area contributed by atoms with Gasteiger partial charge in [-0.2, -0.15) is 0 Å². The van der Waals surface area contributed by atoms with E-state index in [-0.39, 0.29) is 23.1 Å². The fourth-order valence-electron chi connectivity index (χ4n) is 4.36. The molecule has 0 spiro atoms. The summed E-state index contributed by atoms with van der Waals surface area (Å²) in [5.74, 6) is 0.240. The quantitative estimate of drug-likeness (QED) is 0.245. The molecule has 4 N–H and O–H groups in total. The Hall–Kier alpha value is -4.58.